The molecule has 0 radical (unpaired) electrons. The average Bonchev–Trinajstić information content (AvgIpc) is 2.34. The van der Waals surface area contributed by atoms with Gasteiger partial charge in [0.15, 0.2) is 0 Å². The zero-order valence-corrected chi connectivity index (χ0v) is 7.09. The molecule has 1 rings (SSSR count). The molecule has 3 heteroatoms. The molecule has 0 aromatic heterocycles. The van der Waals surface area contributed by atoms with Crippen LogP contribution in [0.1, 0.15) is 13.3 Å². The Morgan fingerprint density at radius 3 is 2.82 bits per heavy atom. The van der Waals surface area contributed by atoms with E-state index < -0.39 is 0 Å². The van der Waals surface area contributed by atoms with E-state index >= 15 is 0 Å². The molecule has 0 amide bonds. The summed E-state index contributed by atoms with van der Waals surface area (Å²) in [4.78, 5) is 2.18. The van der Waals surface area contributed by atoms with Crippen LogP contribution >= 0.6 is 0 Å². The summed E-state index contributed by atoms with van der Waals surface area (Å²) in [6.07, 6.45) is 1.14. The Morgan fingerprint density at radius 2 is 2.36 bits per heavy atom. The van der Waals surface area contributed by atoms with Gasteiger partial charge in [0.2, 0.25) is 0 Å². The van der Waals surface area contributed by atoms with E-state index in [2.05, 4.69) is 11.8 Å². The summed E-state index contributed by atoms with van der Waals surface area (Å²) in [7, 11) is 0. The Kier molecular flexibility index (Phi) is 3.27. The Hall–Kier alpha value is -0.150. The smallest absolute Gasteiger partial charge is 0.102 e. The molecule has 2 atom stereocenters. The first-order chi connectivity index (χ1) is 5.29. The zero-order valence-electron chi connectivity index (χ0n) is 7.09. The molecule has 1 aliphatic heterocycles. The van der Waals surface area contributed by atoms with Crippen LogP contribution in [-0.2, 0) is 0 Å². The number of nitrogens with zero attached hydrogens (tertiary/aromatic N) is 1. The van der Waals surface area contributed by atoms with Crippen molar-refractivity contribution in [3.05, 3.63) is 0 Å². The van der Waals surface area contributed by atoms with Crippen molar-refractivity contribution in [3.63, 3.8) is 0 Å². The Morgan fingerprint density at radius 1 is 1.64 bits per heavy atom. The number of alkyl halides is 1. The van der Waals surface area contributed by atoms with Crippen molar-refractivity contribution in [2.45, 2.75) is 19.4 Å². The van der Waals surface area contributed by atoms with E-state index in [0.717, 1.165) is 19.5 Å². The molecule has 2 unspecified atom stereocenters. The second-order valence-electron chi connectivity index (χ2n) is 3.25. The van der Waals surface area contributed by atoms with Gasteiger partial charge in [-0.05, 0) is 32.4 Å². The van der Waals surface area contributed by atoms with E-state index in [1.807, 2.05) is 0 Å². The minimum atomic E-state index is -0.234. The van der Waals surface area contributed by atoms with E-state index in [1.165, 1.54) is 0 Å². The molecule has 66 valence electrons. The fourth-order valence-corrected chi connectivity index (χ4v) is 1.81. The quantitative estimate of drug-likeness (QED) is 0.656. The highest BCUT2D eigenvalue weighted by Gasteiger charge is 2.28. The summed E-state index contributed by atoms with van der Waals surface area (Å²) in [6, 6.07) is 0.482. The standard InChI is InChI=1S/C8H17FN2/c1-7-8(6-10)2-4-11(7)5-3-9/h7-8H,2-6,10H2,1H3. The molecular formula is C8H17FN2. The third kappa shape index (κ3) is 1.91. The number of hydrogen-bond donors (Lipinski definition) is 1. The van der Waals surface area contributed by atoms with Crippen molar-refractivity contribution >= 4 is 0 Å². The first kappa shape index (κ1) is 8.94. The predicted molar refractivity (Wildman–Crippen MR) is 44.2 cm³/mol. The molecule has 1 heterocycles. The topological polar surface area (TPSA) is 29.3 Å². The number of hydrogen-bond acceptors (Lipinski definition) is 2. The fraction of sp³-hybridized carbons (Fsp3) is 1.00. The van der Waals surface area contributed by atoms with Crippen molar-refractivity contribution in [1.82, 2.24) is 4.90 Å². The summed E-state index contributed by atoms with van der Waals surface area (Å²) < 4.78 is 12.0. The molecule has 11 heavy (non-hydrogen) atoms. The number of rotatable bonds is 3. The number of halogens is 1. The van der Waals surface area contributed by atoms with Crippen LogP contribution in [0.2, 0.25) is 0 Å². The van der Waals surface area contributed by atoms with Crippen molar-refractivity contribution in [2.24, 2.45) is 11.7 Å². The number of likely N-dealkylation sites (tertiary alicyclic amines) is 1. The first-order valence-corrected chi connectivity index (χ1v) is 4.29. The van der Waals surface area contributed by atoms with Crippen LogP contribution in [0.5, 0.6) is 0 Å². The predicted octanol–water partition coefficient (Wildman–Crippen LogP) is 0.625. The highest BCUT2D eigenvalue weighted by Crippen LogP contribution is 2.22. The lowest BCUT2D eigenvalue weighted by Gasteiger charge is -2.22. The van der Waals surface area contributed by atoms with E-state index in [-0.39, 0.29) is 6.67 Å². The van der Waals surface area contributed by atoms with Gasteiger partial charge < -0.3 is 5.73 Å². The van der Waals surface area contributed by atoms with E-state index in [4.69, 9.17) is 5.73 Å². The lowest BCUT2D eigenvalue weighted by Crippen LogP contribution is -2.34. The van der Waals surface area contributed by atoms with Gasteiger partial charge in [-0.15, -0.1) is 0 Å². The third-order valence-electron chi connectivity index (χ3n) is 2.72. The molecule has 0 bridgehead atoms. The summed E-state index contributed by atoms with van der Waals surface area (Å²) >= 11 is 0. The molecule has 1 fully saturated rings. The van der Waals surface area contributed by atoms with Crippen LogP contribution in [-0.4, -0.2) is 37.3 Å². The van der Waals surface area contributed by atoms with Gasteiger partial charge >= 0.3 is 0 Å². The van der Waals surface area contributed by atoms with E-state index in [9.17, 15) is 4.39 Å². The molecule has 1 saturated heterocycles. The Balaban J connectivity index is 2.35. The number of nitrogens with two attached hydrogens (primary N) is 1. The first-order valence-electron chi connectivity index (χ1n) is 4.29. The summed E-state index contributed by atoms with van der Waals surface area (Å²) in [5, 5.41) is 0. The average molecular weight is 160 g/mol. The highest BCUT2D eigenvalue weighted by molar-refractivity contribution is 4.83. The maximum atomic E-state index is 12.0. The summed E-state index contributed by atoms with van der Waals surface area (Å²) in [6.45, 7) is 4.25. The minimum Gasteiger partial charge on any atom is -0.330 e. The Labute approximate surface area is 67.6 Å². The molecule has 0 aromatic carbocycles. The molecular weight excluding hydrogens is 143 g/mol. The van der Waals surface area contributed by atoms with Gasteiger partial charge in [0.05, 0.1) is 0 Å². The van der Waals surface area contributed by atoms with Gasteiger partial charge in [-0.2, -0.15) is 0 Å². The maximum Gasteiger partial charge on any atom is 0.102 e. The summed E-state index contributed by atoms with van der Waals surface area (Å²) in [5.41, 5.74) is 5.56. The molecule has 0 spiro atoms. The lowest BCUT2D eigenvalue weighted by atomic mass is 10.0. The largest absolute Gasteiger partial charge is 0.330 e. The van der Waals surface area contributed by atoms with E-state index in [0.29, 0.717) is 18.5 Å². The third-order valence-corrected chi connectivity index (χ3v) is 2.72. The second-order valence-corrected chi connectivity index (χ2v) is 3.25. The SMILES string of the molecule is CC1C(CN)CCN1CCF. The van der Waals surface area contributed by atoms with Gasteiger partial charge in [0.1, 0.15) is 6.67 Å². The van der Waals surface area contributed by atoms with Crippen LogP contribution in [0.3, 0.4) is 0 Å². The van der Waals surface area contributed by atoms with Gasteiger partial charge in [-0.25, -0.2) is 4.39 Å². The molecule has 0 saturated carbocycles. The van der Waals surface area contributed by atoms with Crippen molar-refractivity contribution in [3.8, 4) is 0 Å². The van der Waals surface area contributed by atoms with Crippen molar-refractivity contribution < 1.29 is 4.39 Å². The molecule has 0 aliphatic carbocycles. The zero-order chi connectivity index (χ0) is 8.27. The van der Waals surface area contributed by atoms with E-state index in [1.54, 1.807) is 0 Å². The molecule has 2 N–H and O–H groups in total. The van der Waals surface area contributed by atoms with Crippen LogP contribution < -0.4 is 5.73 Å². The maximum absolute atomic E-state index is 12.0. The normalized spacial score (nSPS) is 33.0. The summed E-state index contributed by atoms with van der Waals surface area (Å²) in [5.74, 6) is 0.585. The van der Waals surface area contributed by atoms with Crippen molar-refractivity contribution in [2.75, 3.05) is 26.3 Å². The lowest BCUT2D eigenvalue weighted by molar-refractivity contribution is 0.223. The van der Waals surface area contributed by atoms with Gasteiger partial charge in [-0.3, -0.25) is 4.90 Å². The minimum absolute atomic E-state index is 0.234. The fourth-order valence-electron chi connectivity index (χ4n) is 1.81. The van der Waals surface area contributed by atoms with Gasteiger partial charge in [-0.1, -0.05) is 0 Å². The monoisotopic (exact) mass is 160 g/mol. The van der Waals surface area contributed by atoms with Gasteiger partial charge in [0.25, 0.3) is 0 Å². The van der Waals surface area contributed by atoms with Crippen LogP contribution in [0.4, 0.5) is 4.39 Å². The van der Waals surface area contributed by atoms with Crippen molar-refractivity contribution in [1.29, 1.82) is 0 Å². The van der Waals surface area contributed by atoms with Crippen LogP contribution in [0.15, 0.2) is 0 Å². The second kappa shape index (κ2) is 4.02. The van der Waals surface area contributed by atoms with Crippen LogP contribution in [0.25, 0.3) is 0 Å². The molecule has 1 aliphatic rings. The molecule has 0 aromatic rings. The van der Waals surface area contributed by atoms with Gasteiger partial charge in [0, 0.05) is 12.6 Å². The van der Waals surface area contributed by atoms with Crippen LogP contribution in [0, 0.1) is 5.92 Å². The Bertz CT molecular complexity index is 119. The molecule has 2 nitrogen and oxygen atoms in total. The highest BCUT2D eigenvalue weighted by atomic mass is 19.1.